The van der Waals surface area contributed by atoms with Crippen LogP contribution in [-0.2, 0) is 4.74 Å². The monoisotopic (exact) mass is 239 g/mol. The molecular formula is C13H25N3O. The molecular weight excluding hydrogens is 214 g/mol. The zero-order valence-corrected chi connectivity index (χ0v) is 11.0. The van der Waals surface area contributed by atoms with Gasteiger partial charge in [0.05, 0.1) is 17.5 Å². The molecule has 1 atom stereocenters. The summed E-state index contributed by atoms with van der Waals surface area (Å²) < 4.78 is 6.02. The van der Waals surface area contributed by atoms with Gasteiger partial charge in [-0.15, -0.1) is 0 Å². The average molecular weight is 239 g/mol. The van der Waals surface area contributed by atoms with Gasteiger partial charge in [-0.1, -0.05) is 0 Å². The van der Waals surface area contributed by atoms with Gasteiger partial charge >= 0.3 is 0 Å². The van der Waals surface area contributed by atoms with Gasteiger partial charge in [0.15, 0.2) is 0 Å². The lowest BCUT2D eigenvalue weighted by Crippen LogP contribution is -2.42. The smallest absolute Gasteiger partial charge is 0.0937 e. The lowest BCUT2D eigenvalue weighted by molar-refractivity contribution is -0.0311. The molecule has 0 aromatic carbocycles. The second-order valence-electron chi connectivity index (χ2n) is 6.07. The maximum Gasteiger partial charge on any atom is 0.0937 e. The maximum absolute atomic E-state index is 7.47. The van der Waals surface area contributed by atoms with E-state index < -0.39 is 0 Å². The van der Waals surface area contributed by atoms with E-state index in [2.05, 4.69) is 18.7 Å². The third-order valence-corrected chi connectivity index (χ3v) is 4.04. The number of hydrogen-bond donors (Lipinski definition) is 2. The highest BCUT2D eigenvalue weighted by Gasteiger charge is 2.33. The van der Waals surface area contributed by atoms with Crippen LogP contribution in [0.25, 0.3) is 0 Å². The van der Waals surface area contributed by atoms with E-state index in [4.69, 9.17) is 15.9 Å². The van der Waals surface area contributed by atoms with Crippen LogP contribution in [0.5, 0.6) is 0 Å². The molecule has 4 nitrogen and oxygen atoms in total. The van der Waals surface area contributed by atoms with Crippen LogP contribution in [0.1, 0.15) is 39.5 Å². The Labute approximate surface area is 104 Å². The molecule has 2 fully saturated rings. The number of likely N-dealkylation sites (tertiary alicyclic amines) is 1. The summed E-state index contributed by atoms with van der Waals surface area (Å²) in [5.41, 5.74) is 5.62. The number of hydrogen-bond acceptors (Lipinski definition) is 3. The number of nitrogens with two attached hydrogens (primary N) is 1. The van der Waals surface area contributed by atoms with Crippen molar-refractivity contribution in [3.63, 3.8) is 0 Å². The largest absolute Gasteiger partial charge is 0.387 e. The lowest BCUT2D eigenvalue weighted by Gasteiger charge is -2.33. The molecule has 0 saturated carbocycles. The summed E-state index contributed by atoms with van der Waals surface area (Å²) in [6, 6.07) is 0. The molecule has 0 radical (unpaired) electrons. The van der Waals surface area contributed by atoms with E-state index in [0.717, 1.165) is 32.5 Å². The Morgan fingerprint density at radius 3 is 2.47 bits per heavy atom. The van der Waals surface area contributed by atoms with Crippen molar-refractivity contribution >= 4 is 5.84 Å². The third-order valence-electron chi connectivity index (χ3n) is 4.04. The summed E-state index contributed by atoms with van der Waals surface area (Å²) in [6.07, 6.45) is 4.82. The predicted octanol–water partition coefficient (Wildman–Crippen LogP) is 1.59. The molecule has 4 heteroatoms. The van der Waals surface area contributed by atoms with Gasteiger partial charge in [0, 0.05) is 12.5 Å². The third kappa shape index (κ3) is 3.42. The van der Waals surface area contributed by atoms with Crippen molar-refractivity contribution in [3.8, 4) is 0 Å². The number of piperidine rings is 1. The lowest BCUT2D eigenvalue weighted by atomic mass is 9.95. The summed E-state index contributed by atoms with van der Waals surface area (Å²) in [7, 11) is 0. The summed E-state index contributed by atoms with van der Waals surface area (Å²) >= 11 is 0. The molecule has 0 aromatic heterocycles. The highest BCUT2D eigenvalue weighted by Crippen LogP contribution is 2.30. The fraction of sp³-hybridized carbons (Fsp3) is 0.923. The molecule has 1 unspecified atom stereocenters. The van der Waals surface area contributed by atoms with Gasteiger partial charge in [-0.3, -0.25) is 5.41 Å². The van der Waals surface area contributed by atoms with Gasteiger partial charge < -0.3 is 15.4 Å². The SMILES string of the molecule is CC1(C)CCC(CN2CCC(C(=N)N)CC2)O1. The van der Waals surface area contributed by atoms with Gasteiger partial charge in [0.25, 0.3) is 0 Å². The highest BCUT2D eigenvalue weighted by molar-refractivity contribution is 5.79. The average Bonchev–Trinajstić information content (AvgIpc) is 2.59. The van der Waals surface area contributed by atoms with Crippen molar-refractivity contribution in [2.24, 2.45) is 11.7 Å². The molecule has 2 saturated heterocycles. The molecule has 2 rings (SSSR count). The summed E-state index contributed by atoms with van der Waals surface area (Å²) in [5, 5.41) is 7.47. The maximum atomic E-state index is 7.47. The van der Waals surface area contributed by atoms with Crippen molar-refractivity contribution in [3.05, 3.63) is 0 Å². The molecule has 0 spiro atoms. The zero-order chi connectivity index (χ0) is 12.5. The molecule has 98 valence electrons. The fourth-order valence-electron chi connectivity index (χ4n) is 2.92. The van der Waals surface area contributed by atoms with Crippen LogP contribution in [0.3, 0.4) is 0 Å². The quantitative estimate of drug-likeness (QED) is 0.581. The number of nitrogens with zero attached hydrogens (tertiary/aromatic N) is 1. The molecule has 0 aromatic rings. The Hall–Kier alpha value is -0.610. The second kappa shape index (κ2) is 4.94. The Morgan fingerprint density at radius 1 is 1.35 bits per heavy atom. The fourth-order valence-corrected chi connectivity index (χ4v) is 2.92. The van der Waals surface area contributed by atoms with E-state index in [1.54, 1.807) is 0 Å². The van der Waals surface area contributed by atoms with Crippen LogP contribution in [0.2, 0.25) is 0 Å². The van der Waals surface area contributed by atoms with Crippen LogP contribution in [0, 0.1) is 11.3 Å². The van der Waals surface area contributed by atoms with Crippen LogP contribution < -0.4 is 5.73 Å². The van der Waals surface area contributed by atoms with E-state index in [1.165, 1.54) is 12.8 Å². The number of amidine groups is 1. The minimum atomic E-state index is 0.0718. The molecule has 0 bridgehead atoms. The Kier molecular flexibility index (Phi) is 3.73. The number of nitrogens with one attached hydrogen (secondary N) is 1. The van der Waals surface area contributed by atoms with E-state index in [1.807, 2.05) is 0 Å². The molecule has 0 aliphatic carbocycles. The first-order valence-corrected chi connectivity index (χ1v) is 6.70. The van der Waals surface area contributed by atoms with E-state index in [0.29, 0.717) is 17.9 Å². The molecule has 2 aliphatic heterocycles. The summed E-state index contributed by atoms with van der Waals surface area (Å²) in [6.45, 7) is 7.52. The van der Waals surface area contributed by atoms with Gasteiger partial charge in [-0.2, -0.15) is 0 Å². The Balaban J connectivity index is 1.74. The van der Waals surface area contributed by atoms with E-state index in [9.17, 15) is 0 Å². The minimum absolute atomic E-state index is 0.0718. The standard InChI is InChI=1S/C13H25N3O/c1-13(2)6-3-11(17-13)9-16-7-4-10(5-8-16)12(14)15/h10-11H,3-9H2,1-2H3,(H3,14,15). The predicted molar refractivity (Wildman–Crippen MR) is 69.3 cm³/mol. The van der Waals surface area contributed by atoms with Crippen LogP contribution in [0.4, 0.5) is 0 Å². The second-order valence-corrected chi connectivity index (χ2v) is 6.07. The van der Waals surface area contributed by atoms with Crippen molar-refractivity contribution in [1.82, 2.24) is 4.90 Å². The van der Waals surface area contributed by atoms with Gasteiger partial charge in [-0.25, -0.2) is 0 Å². The van der Waals surface area contributed by atoms with Crippen LogP contribution in [-0.4, -0.2) is 42.1 Å². The molecule has 2 aliphatic rings. The Bertz CT molecular complexity index is 282. The van der Waals surface area contributed by atoms with Crippen molar-refractivity contribution in [2.75, 3.05) is 19.6 Å². The van der Waals surface area contributed by atoms with Gasteiger partial charge in [0.1, 0.15) is 0 Å². The molecule has 2 heterocycles. The Morgan fingerprint density at radius 2 is 2.00 bits per heavy atom. The van der Waals surface area contributed by atoms with E-state index >= 15 is 0 Å². The highest BCUT2D eigenvalue weighted by atomic mass is 16.5. The van der Waals surface area contributed by atoms with Crippen molar-refractivity contribution in [2.45, 2.75) is 51.2 Å². The first-order valence-electron chi connectivity index (χ1n) is 6.70. The first-order chi connectivity index (χ1) is 7.96. The topological polar surface area (TPSA) is 62.3 Å². The molecule has 17 heavy (non-hydrogen) atoms. The van der Waals surface area contributed by atoms with Crippen molar-refractivity contribution < 1.29 is 4.74 Å². The molecule has 0 amide bonds. The van der Waals surface area contributed by atoms with Crippen LogP contribution >= 0.6 is 0 Å². The molecule has 3 N–H and O–H groups in total. The summed E-state index contributed by atoms with van der Waals surface area (Å²) in [4.78, 5) is 2.46. The number of ether oxygens (including phenoxy) is 1. The van der Waals surface area contributed by atoms with Crippen molar-refractivity contribution in [1.29, 1.82) is 5.41 Å². The normalized spacial score (nSPS) is 30.6. The van der Waals surface area contributed by atoms with Gasteiger partial charge in [0.2, 0.25) is 0 Å². The van der Waals surface area contributed by atoms with Crippen LogP contribution in [0.15, 0.2) is 0 Å². The first kappa shape index (κ1) is 12.8. The summed E-state index contributed by atoms with van der Waals surface area (Å²) in [5.74, 6) is 0.676. The minimum Gasteiger partial charge on any atom is -0.387 e. The number of rotatable bonds is 3. The van der Waals surface area contributed by atoms with E-state index in [-0.39, 0.29) is 5.60 Å². The zero-order valence-electron chi connectivity index (χ0n) is 11.0. The van der Waals surface area contributed by atoms with Gasteiger partial charge in [-0.05, 0) is 52.6 Å².